The Morgan fingerprint density at radius 1 is 1.22 bits per heavy atom. The number of carbonyl (C=O) groups is 1. The van der Waals surface area contributed by atoms with Gasteiger partial charge in [-0.05, 0) is 42.8 Å². The number of hydrogen-bond acceptors (Lipinski definition) is 3. The maximum atomic E-state index is 12.2. The molecule has 0 radical (unpaired) electrons. The standard InChI is InChI=1S/C21H22N4O2/c1-27-16-8-9-19-15(13-16)10-12-25(19)14-21(26)22-11-4-7-20-23-17-5-2-3-6-18(17)24-20/h2-3,5-6,8-10,12-13H,4,7,11,14H2,1H3,(H,22,26)(H,23,24). The van der Waals surface area contributed by atoms with Crippen molar-refractivity contribution in [2.45, 2.75) is 19.4 Å². The van der Waals surface area contributed by atoms with Crippen LogP contribution in [0.15, 0.2) is 54.7 Å². The summed E-state index contributed by atoms with van der Waals surface area (Å²) in [6, 6.07) is 15.8. The predicted octanol–water partition coefficient (Wildman–Crippen LogP) is 3.28. The van der Waals surface area contributed by atoms with Crippen molar-refractivity contribution in [3.63, 3.8) is 0 Å². The summed E-state index contributed by atoms with van der Waals surface area (Å²) in [7, 11) is 1.65. The highest BCUT2D eigenvalue weighted by molar-refractivity contribution is 5.84. The van der Waals surface area contributed by atoms with Gasteiger partial charge in [0, 0.05) is 30.1 Å². The zero-order chi connectivity index (χ0) is 18.6. The molecule has 2 heterocycles. The number of hydrogen-bond donors (Lipinski definition) is 2. The number of nitrogens with one attached hydrogen (secondary N) is 2. The highest BCUT2D eigenvalue weighted by Gasteiger charge is 2.07. The van der Waals surface area contributed by atoms with Crippen LogP contribution in [0.2, 0.25) is 0 Å². The second-order valence-corrected chi connectivity index (χ2v) is 6.52. The van der Waals surface area contributed by atoms with E-state index in [0.29, 0.717) is 13.1 Å². The summed E-state index contributed by atoms with van der Waals surface area (Å²) < 4.78 is 7.19. The van der Waals surface area contributed by atoms with Crippen LogP contribution >= 0.6 is 0 Å². The molecule has 2 aromatic carbocycles. The number of carbonyl (C=O) groups excluding carboxylic acids is 1. The zero-order valence-corrected chi connectivity index (χ0v) is 15.2. The van der Waals surface area contributed by atoms with Gasteiger partial charge in [0.05, 0.1) is 18.1 Å². The molecule has 4 aromatic rings. The minimum absolute atomic E-state index is 0.00734. The van der Waals surface area contributed by atoms with E-state index >= 15 is 0 Å². The maximum absolute atomic E-state index is 12.2. The fraction of sp³-hybridized carbons (Fsp3) is 0.238. The SMILES string of the molecule is COc1ccc2c(ccn2CC(=O)NCCCc2nc3ccccc3[nH]2)c1. The van der Waals surface area contributed by atoms with Crippen LogP contribution in [0.5, 0.6) is 5.75 Å². The molecule has 2 N–H and O–H groups in total. The average molecular weight is 362 g/mol. The number of aryl methyl sites for hydroxylation is 1. The van der Waals surface area contributed by atoms with E-state index in [2.05, 4.69) is 15.3 Å². The Morgan fingerprint density at radius 3 is 2.96 bits per heavy atom. The minimum Gasteiger partial charge on any atom is -0.497 e. The molecule has 1 amide bonds. The maximum Gasteiger partial charge on any atom is 0.239 e. The number of ether oxygens (including phenoxy) is 1. The first-order valence-corrected chi connectivity index (χ1v) is 9.06. The second-order valence-electron chi connectivity index (χ2n) is 6.52. The van der Waals surface area contributed by atoms with Crippen molar-refractivity contribution in [3.05, 3.63) is 60.6 Å². The minimum atomic E-state index is 0.00734. The van der Waals surface area contributed by atoms with E-state index in [9.17, 15) is 4.79 Å². The normalized spacial score (nSPS) is 11.1. The molecule has 4 rings (SSSR count). The summed E-state index contributed by atoms with van der Waals surface area (Å²) >= 11 is 0. The fourth-order valence-corrected chi connectivity index (χ4v) is 3.26. The number of methoxy groups -OCH3 is 1. The molecule has 0 atom stereocenters. The molecule has 0 aliphatic heterocycles. The van der Waals surface area contributed by atoms with Gasteiger partial charge < -0.3 is 19.6 Å². The van der Waals surface area contributed by atoms with E-state index < -0.39 is 0 Å². The van der Waals surface area contributed by atoms with Crippen LogP contribution < -0.4 is 10.1 Å². The molecule has 6 heteroatoms. The summed E-state index contributed by atoms with van der Waals surface area (Å²) in [6.45, 7) is 0.934. The zero-order valence-electron chi connectivity index (χ0n) is 15.2. The summed E-state index contributed by atoms with van der Waals surface area (Å²) in [5.74, 6) is 1.78. The Balaban J connectivity index is 1.28. The van der Waals surface area contributed by atoms with E-state index in [0.717, 1.165) is 46.4 Å². The molecule has 6 nitrogen and oxygen atoms in total. The van der Waals surface area contributed by atoms with Crippen LogP contribution in [0, 0.1) is 0 Å². The molecule has 0 bridgehead atoms. The Bertz CT molecular complexity index is 1050. The van der Waals surface area contributed by atoms with Crippen LogP contribution in [0.3, 0.4) is 0 Å². The molecule has 138 valence electrons. The van der Waals surface area contributed by atoms with Gasteiger partial charge in [-0.25, -0.2) is 4.98 Å². The van der Waals surface area contributed by atoms with Crippen LogP contribution in [0.4, 0.5) is 0 Å². The van der Waals surface area contributed by atoms with E-state index in [1.165, 1.54) is 0 Å². The van der Waals surface area contributed by atoms with E-state index in [1.54, 1.807) is 7.11 Å². The number of nitrogens with zero attached hydrogens (tertiary/aromatic N) is 2. The van der Waals surface area contributed by atoms with Gasteiger partial charge in [-0.1, -0.05) is 12.1 Å². The van der Waals surface area contributed by atoms with Crippen molar-refractivity contribution in [3.8, 4) is 5.75 Å². The van der Waals surface area contributed by atoms with E-state index in [1.807, 2.05) is 59.3 Å². The monoisotopic (exact) mass is 362 g/mol. The largest absolute Gasteiger partial charge is 0.497 e. The van der Waals surface area contributed by atoms with Gasteiger partial charge in [0.1, 0.15) is 18.1 Å². The van der Waals surface area contributed by atoms with Gasteiger partial charge >= 0.3 is 0 Å². The summed E-state index contributed by atoms with van der Waals surface area (Å²) in [6.07, 6.45) is 3.58. The summed E-state index contributed by atoms with van der Waals surface area (Å²) in [4.78, 5) is 20.1. The number of fused-ring (bicyclic) bond motifs is 2. The van der Waals surface area contributed by atoms with Crippen molar-refractivity contribution in [1.82, 2.24) is 19.9 Å². The third-order valence-electron chi connectivity index (χ3n) is 4.64. The molecule has 0 fully saturated rings. The van der Waals surface area contributed by atoms with Crippen LogP contribution in [0.1, 0.15) is 12.2 Å². The average Bonchev–Trinajstić information content (AvgIpc) is 3.28. The Hall–Kier alpha value is -3.28. The molecule has 0 spiro atoms. The van der Waals surface area contributed by atoms with Gasteiger partial charge in [0.2, 0.25) is 5.91 Å². The Labute approximate surface area is 157 Å². The van der Waals surface area contributed by atoms with Crippen molar-refractivity contribution in [2.24, 2.45) is 0 Å². The molecule has 0 aliphatic rings. The van der Waals surface area contributed by atoms with Crippen molar-refractivity contribution in [1.29, 1.82) is 0 Å². The molecular formula is C21H22N4O2. The predicted molar refractivity (Wildman–Crippen MR) is 106 cm³/mol. The lowest BCUT2D eigenvalue weighted by molar-refractivity contribution is -0.121. The second kappa shape index (κ2) is 7.53. The lowest BCUT2D eigenvalue weighted by atomic mass is 10.2. The van der Waals surface area contributed by atoms with Crippen molar-refractivity contribution in [2.75, 3.05) is 13.7 Å². The van der Waals surface area contributed by atoms with Gasteiger partial charge in [0.15, 0.2) is 0 Å². The third-order valence-corrected chi connectivity index (χ3v) is 4.64. The number of rotatable bonds is 7. The van der Waals surface area contributed by atoms with Crippen LogP contribution in [0.25, 0.3) is 21.9 Å². The molecule has 2 aromatic heterocycles. The number of H-pyrrole nitrogens is 1. The molecular weight excluding hydrogens is 340 g/mol. The Morgan fingerprint density at radius 2 is 2.11 bits per heavy atom. The van der Waals surface area contributed by atoms with Crippen molar-refractivity contribution < 1.29 is 9.53 Å². The number of benzene rings is 2. The highest BCUT2D eigenvalue weighted by Crippen LogP contribution is 2.21. The molecule has 0 saturated carbocycles. The summed E-state index contributed by atoms with van der Waals surface area (Å²) in [5, 5.41) is 4.05. The highest BCUT2D eigenvalue weighted by atomic mass is 16.5. The number of aromatic amines is 1. The number of amides is 1. The van der Waals surface area contributed by atoms with Gasteiger partial charge in [-0.2, -0.15) is 0 Å². The van der Waals surface area contributed by atoms with Gasteiger partial charge in [0.25, 0.3) is 0 Å². The van der Waals surface area contributed by atoms with Crippen molar-refractivity contribution >= 4 is 27.8 Å². The van der Waals surface area contributed by atoms with Gasteiger partial charge in [-0.3, -0.25) is 4.79 Å². The quantitative estimate of drug-likeness (QED) is 0.496. The van der Waals surface area contributed by atoms with Gasteiger partial charge in [-0.15, -0.1) is 0 Å². The topological polar surface area (TPSA) is 71.9 Å². The van der Waals surface area contributed by atoms with Crippen LogP contribution in [-0.4, -0.2) is 34.1 Å². The number of aromatic nitrogens is 3. The molecule has 0 aliphatic carbocycles. The van der Waals surface area contributed by atoms with Crippen LogP contribution in [-0.2, 0) is 17.8 Å². The molecule has 27 heavy (non-hydrogen) atoms. The third kappa shape index (κ3) is 3.79. The number of para-hydroxylation sites is 2. The smallest absolute Gasteiger partial charge is 0.239 e. The Kier molecular flexibility index (Phi) is 4.78. The first kappa shape index (κ1) is 17.1. The fourth-order valence-electron chi connectivity index (χ4n) is 3.26. The van der Waals surface area contributed by atoms with E-state index in [-0.39, 0.29) is 5.91 Å². The lowest BCUT2D eigenvalue weighted by Gasteiger charge is -2.07. The van der Waals surface area contributed by atoms with E-state index in [4.69, 9.17) is 4.74 Å². The molecule has 0 saturated heterocycles. The summed E-state index contributed by atoms with van der Waals surface area (Å²) in [5.41, 5.74) is 3.05. The first-order chi connectivity index (χ1) is 13.2. The number of imidazole rings is 1. The molecule has 0 unspecified atom stereocenters. The first-order valence-electron chi connectivity index (χ1n) is 9.06. The lowest BCUT2D eigenvalue weighted by Crippen LogP contribution is -2.28.